The molecule has 0 fully saturated rings. The molecule has 2 aromatic heterocycles. The fourth-order valence-electron chi connectivity index (χ4n) is 7.23. The van der Waals surface area contributed by atoms with E-state index in [-0.39, 0.29) is 31.7 Å². The average Bonchev–Trinajstić information content (AvgIpc) is 3.27. The van der Waals surface area contributed by atoms with Crippen LogP contribution in [0, 0.1) is 13.8 Å². The molecular formula is C47H40Cl2N4O8. The van der Waals surface area contributed by atoms with Gasteiger partial charge in [-0.2, -0.15) is 0 Å². The van der Waals surface area contributed by atoms with E-state index in [0.29, 0.717) is 51.0 Å². The molecule has 61 heavy (non-hydrogen) atoms. The lowest BCUT2D eigenvalue weighted by molar-refractivity contribution is -0.142. The fourth-order valence-corrected chi connectivity index (χ4v) is 7.55. The number of nitrogens with zero attached hydrogens (tertiary/aromatic N) is 3. The van der Waals surface area contributed by atoms with E-state index in [0.717, 1.165) is 33.5 Å². The average molecular weight is 860 g/mol. The van der Waals surface area contributed by atoms with E-state index >= 15 is 0 Å². The third kappa shape index (κ3) is 9.41. The number of nitrogens with one attached hydrogen (secondary N) is 1. The Kier molecular flexibility index (Phi) is 12.1. The Bertz CT molecular complexity index is 2590. The van der Waals surface area contributed by atoms with Crippen molar-refractivity contribution in [3.63, 3.8) is 0 Å². The maximum absolute atomic E-state index is 14.1. The number of aryl methyl sites for hydroxylation is 1. The maximum atomic E-state index is 14.1. The Labute approximate surface area is 362 Å². The van der Waals surface area contributed by atoms with Crippen LogP contribution in [0.3, 0.4) is 0 Å². The number of amides is 2. The van der Waals surface area contributed by atoms with Crippen LogP contribution in [0.15, 0.2) is 116 Å². The van der Waals surface area contributed by atoms with Crippen LogP contribution in [-0.2, 0) is 35.6 Å². The molecule has 4 heterocycles. The molecule has 0 aliphatic carbocycles. The van der Waals surface area contributed by atoms with Gasteiger partial charge < -0.3 is 34.3 Å². The van der Waals surface area contributed by atoms with E-state index < -0.39 is 36.0 Å². The number of hydrogen-bond acceptors (Lipinski definition) is 9. The standard InChI is InChI=1S/C47H40Cl2N4O8/c1-27-28(2)50-18-16-41(27)60-35-11-6-29(7-12-35)20-39(47(56)57)52-45(54)40-21-32-22-42-43(23-33(32)24-53(40)46(55)38-5-3-4-17-51-38)61-44(26-59-42)31-9-13-34(14-10-31)58-25-30-8-15-36(48)37(49)19-30/h3-19,22-23,39-40,44H,20-21,24-26H2,1-2H3,(H,52,54)(H,56,57). The fraction of sp³-hybridized carbons (Fsp3) is 0.213. The smallest absolute Gasteiger partial charge is 0.326 e. The van der Waals surface area contributed by atoms with Crippen molar-refractivity contribution in [1.29, 1.82) is 0 Å². The molecule has 8 rings (SSSR count). The van der Waals surface area contributed by atoms with Gasteiger partial charge >= 0.3 is 5.97 Å². The minimum Gasteiger partial charge on any atom is -0.489 e. The normalized spacial score (nSPS) is 15.9. The van der Waals surface area contributed by atoms with Crippen LogP contribution in [-0.4, -0.2) is 56.4 Å². The zero-order valence-electron chi connectivity index (χ0n) is 33.1. The highest BCUT2D eigenvalue weighted by Gasteiger charge is 2.38. The van der Waals surface area contributed by atoms with Crippen molar-refractivity contribution in [3.05, 3.63) is 170 Å². The van der Waals surface area contributed by atoms with Crippen LogP contribution in [0.1, 0.15) is 55.7 Å². The summed E-state index contributed by atoms with van der Waals surface area (Å²) >= 11 is 12.2. The third-order valence-electron chi connectivity index (χ3n) is 10.8. The van der Waals surface area contributed by atoms with E-state index in [1.165, 1.54) is 11.1 Å². The number of aliphatic carboxylic acids is 1. The molecule has 0 radical (unpaired) electrons. The van der Waals surface area contributed by atoms with Gasteiger partial charge in [0.15, 0.2) is 17.6 Å². The van der Waals surface area contributed by atoms with Crippen molar-refractivity contribution >= 4 is 41.0 Å². The van der Waals surface area contributed by atoms with Gasteiger partial charge in [-0.05, 0) is 108 Å². The molecule has 6 aromatic rings. The molecule has 0 spiro atoms. The van der Waals surface area contributed by atoms with Crippen LogP contribution in [0.4, 0.5) is 0 Å². The minimum atomic E-state index is -1.28. The Morgan fingerprint density at radius 1 is 0.852 bits per heavy atom. The molecule has 2 amide bonds. The number of aromatic nitrogens is 2. The Morgan fingerprint density at radius 3 is 2.34 bits per heavy atom. The van der Waals surface area contributed by atoms with E-state index in [4.69, 9.17) is 42.1 Å². The second kappa shape index (κ2) is 17.9. The first-order valence-corrected chi connectivity index (χ1v) is 20.3. The van der Waals surface area contributed by atoms with E-state index in [1.807, 2.05) is 56.3 Å². The SMILES string of the molecule is Cc1nccc(Oc2ccc(CC(NC(=O)C3Cc4cc5c(cc4CN3C(=O)c3ccccn3)OC(c3ccc(OCc4ccc(Cl)c(Cl)c4)cc3)CO5)C(=O)O)cc2)c1C. The number of carbonyl (C=O) groups is 3. The quantitative estimate of drug-likeness (QED) is 0.122. The number of pyridine rings is 2. The Balaban J connectivity index is 0.966. The molecule has 14 heteroatoms. The summed E-state index contributed by atoms with van der Waals surface area (Å²) in [6.45, 7) is 4.43. The minimum absolute atomic E-state index is 0.000571. The van der Waals surface area contributed by atoms with Gasteiger partial charge in [0.25, 0.3) is 5.91 Å². The van der Waals surface area contributed by atoms with Crippen molar-refractivity contribution in [2.45, 2.75) is 58.0 Å². The molecule has 4 aromatic carbocycles. The van der Waals surface area contributed by atoms with Crippen molar-refractivity contribution in [2.24, 2.45) is 0 Å². The third-order valence-corrected chi connectivity index (χ3v) is 11.5. The van der Waals surface area contributed by atoms with Crippen LogP contribution in [0.25, 0.3) is 0 Å². The molecule has 0 bridgehead atoms. The molecule has 310 valence electrons. The Morgan fingerprint density at radius 2 is 1.61 bits per heavy atom. The second-order valence-corrected chi connectivity index (χ2v) is 15.6. The number of carboxylic acids is 1. The van der Waals surface area contributed by atoms with Gasteiger partial charge in [0.05, 0.1) is 10.0 Å². The summed E-state index contributed by atoms with van der Waals surface area (Å²) in [6.07, 6.45) is 2.87. The second-order valence-electron chi connectivity index (χ2n) is 14.8. The number of carboxylic acid groups (broad SMARTS) is 1. The van der Waals surface area contributed by atoms with Crippen molar-refractivity contribution in [2.75, 3.05) is 6.61 Å². The zero-order valence-corrected chi connectivity index (χ0v) is 34.7. The molecular weight excluding hydrogens is 819 g/mol. The number of hydrogen-bond donors (Lipinski definition) is 2. The van der Waals surface area contributed by atoms with Gasteiger partial charge in [-0.15, -0.1) is 0 Å². The van der Waals surface area contributed by atoms with Gasteiger partial charge in [0, 0.05) is 43.0 Å². The lowest BCUT2D eigenvalue weighted by Crippen LogP contribution is -2.56. The van der Waals surface area contributed by atoms with Crippen LogP contribution >= 0.6 is 23.2 Å². The van der Waals surface area contributed by atoms with Gasteiger partial charge in [0.1, 0.15) is 48.2 Å². The van der Waals surface area contributed by atoms with Gasteiger partial charge in [-0.3, -0.25) is 19.6 Å². The maximum Gasteiger partial charge on any atom is 0.326 e. The van der Waals surface area contributed by atoms with E-state index in [2.05, 4.69) is 15.3 Å². The summed E-state index contributed by atoms with van der Waals surface area (Å²) < 4.78 is 24.6. The summed E-state index contributed by atoms with van der Waals surface area (Å²) in [5.41, 5.74) is 5.89. The lowest BCUT2D eigenvalue weighted by atomic mass is 9.91. The summed E-state index contributed by atoms with van der Waals surface area (Å²) in [4.78, 5) is 50.7. The summed E-state index contributed by atoms with van der Waals surface area (Å²) in [5.74, 6) is 0.621. The molecule has 0 saturated carbocycles. The molecule has 3 atom stereocenters. The van der Waals surface area contributed by atoms with Gasteiger partial charge in [0.2, 0.25) is 5.91 Å². The molecule has 2 aliphatic heterocycles. The monoisotopic (exact) mass is 858 g/mol. The number of carbonyl (C=O) groups excluding carboxylic acids is 2. The number of halogens is 2. The van der Waals surface area contributed by atoms with E-state index in [1.54, 1.807) is 66.9 Å². The first-order chi connectivity index (χ1) is 29.5. The highest BCUT2D eigenvalue weighted by Crippen LogP contribution is 2.41. The largest absolute Gasteiger partial charge is 0.489 e. The number of ether oxygens (including phenoxy) is 4. The predicted molar refractivity (Wildman–Crippen MR) is 228 cm³/mol. The summed E-state index contributed by atoms with van der Waals surface area (Å²) in [6, 6.07) is 28.0. The predicted octanol–water partition coefficient (Wildman–Crippen LogP) is 8.66. The first kappa shape index (κ1) is 41.1. The van der Waals surface area contributed by atoms with Crippen LogP contribution in [0.2, 0.25) is 10.0 Å². The number of fused-ring (bicyclic) bond motifs is 2. The highest BCUT2D eigenvalue weighted by molar-refractivity contribution is 6.42. The molecule has 0 saturated heterocycles. The van der Waals surface area contributed by atoms with Crippen molar-refractivity contribution in [1.82, 2.24) is 20.2 Å². The zero-order chi connectivity index (χ0) is 42.6. The van der Waals surface area contributed by atoms with Crippen molar-refractivity contribution < 1.29 is 38.4 Å². The topological polar surface area (TPSA) is 149 Å². The molecule has 2 N–H and O–H groups in total. The molecule has 2 aliphatic rings. The summed E-state index contributed by atoms with van der Waals surface area (Å²) in [5, 5.41) is 13.9. The van der Waals surface area contributed by atoms with Gasteiger partial charge in [-0.1, -0.05) is 59.6 Å². The molecule has 3 unspecified atom stereocenters. The van der Waals surface area contributed by atoms with Crippen LogP contribution < -0.4 is 24.3 Å². The van der Waals surface area contributed by atoms with Gasteiger partial charge in [-0.25, -0.2) is 4.79 Å². The highest BCUT2D eigenvalue weighted by atomic mass is 35.5. The summed E-state index contributed by atoms with van der Waals surface area (Å²) in [7, 11) is 0. The Hall–Kier alpha value is -6.63. The van der Waals surface area contributed by atoms with E-state index in [9.17, 15) is 19.5 Å². The lowest BCUT2D eigenvalue weighted by Gasteiger charge is -2.37. The molecule has 12 nitrogen and oxygen atoms in total. The first-order valence-electron chi connectivity index (χ1n) is 19.5. The number of rotatable bonds is 12. The van der Waals surface area contributed by atoms with Crippen molar-refractivity contribution in [3.8, 4) is 28.7 Å². The van der Waals surface area contributed by atoms with Crippen LogP contribution in [0.5, 0.6) is 28.7 Å². The number of benzene rings is 4.